The van der Waals surface area contributed by atoms with Crippen molar-refractivity contribution in [1.29, 1.82) is 0 Å². The van der Waals surface area contributed by atoms with Crippen LogP contribution >= 0.6 is 27.3 Å². The molecule has 1 aromatic heterocycles. The molecule has 1 aromatic carbocycles. The maximum absolute atomic E-state index is 6.20. The first-order chi connectivity index (χ1) is 9.36. The zero-order valence-corrected chi connectivity index (χ0v) is 13.1. The lowest BCUT2D eigenvalue weighted by Crippen LogP contribution is -2.28. The summed E-state index contributed by atoms with van der Waals surface area (Å²) in [5.74, 6) is 0.601. The Labute approximate surface area is 126 Å². The number of alkyl halides is 1. The van der Waals surface area contributed by atoms with Crippen molar-refractivity contribution < 1.29 is 4.74 Å². The van der Waals surface area contributed by atoms with Gasteiger partial charge in [-0.05, 0) is 35.8 Å². The van der Waals surface area contributed by atoms with Gasteiger partial charge in [0.25, 0.3) is 0 Å². The number of rotatable bonds is 3. The summed E-state index contributed by atoms with van der Waals surface area (Å²) in [6.45, 7) is 0. The van der Waals surface area contributed by atoms with E-state index in [9.17, 15) is 0 Å². The maximum atomic E-state index is 6.20. The SMILES string of the molecule is BrC[C@@H]1C[C@H](c2ccccc2)C[C@@H](c2cccs2)O1. The molecule has 1 saturated heterocycles. The summed E-state index contributed by atoms with van der Waals surface area (Å²) in [4.78, 5) is 1.35. The second-order valence-electron chi connectivity index (χ2n) is 5.00. The van der Waals surface area contributed by atoms with E-state index in [1.807, 2.05) is 0 Å². The summed E-state index contributed by atoms with van der Waals surface area (Å²) < 4.78 is 6.20. The topological polar surface area (TPSA) is 9.23 Å². The molecule has 0 aliphatic carbocycles. The van der Waals surface area contributed by atoms with Gasteiger partial charge in [-0.3, -0.25) is 0 Å². The summed E-state index contributed by atoms with van der Waals surface area (Å²) in [5, 5.41) is 3.05. The summed E-state index contributed by atoms with van der Waals surface area (Å²) in [6, 6.07) is 15.1. The van der Waals surface area contributed by atoms with Crippen LogP contribution in [0.5, 0.6) is 0 Å². The van der Waals surface area contributed by atoms with Crippen LogP contribution in [0.4, 0.5) is 0 Å². The highest BCUT2D eigenvalue weighted by molar-refractivity contribution is 9.09. The summed E-state index contributed by atoms with van der Waals surface area (Å²) in [5.41, 5.74) is 1.44. The molecule has 3 heteroatoms. The van der Waals surface area contributed by atoms with Gasteiger partial charge in [-0.1, -0.05) is 52.3 Å². The molecule has 0 amide bonds. The molecular formula is C16H17BrOS. The Morgan fingerprint density at radius 2 is 1.95 bits per heavy atom. The van der Waals surface area contributed by atoms with Crippen molar-refractivity contribution >= 4 is 27.3 Å². The molecule has 0 radical (unpaired) electrons. The molecule has 1 fully saturated rings. The molecule has 1 aliphatic rings. The van der Waals surface area contributed by atoms with Crippen molar-refractivity contribution in [1.82, 2.24) is 0 Å². The minimum absolute atomic E-state index is 0.251. The molecule has 3 rings (SSSR count). The van der Waals surface area contributed by atoms with Gasteiger partial charge in [-0.2, -0.15) is 0 Å². The van der Waals surface area contributed by atoms with E-state index in [1.54, 1.807) is 11.3 Å². The Morgan fingerprint density at radius 1 is 1.11 bits per heavy atom. The number of halogens is 1. The first-order valence-electron chi connectivity index (χ1n) is 6.66. The van der Waals surface area contributed by atoms with E-state index in [0.717, 1.165) is 18.2 Å². The number of thiophene rings is 1. The molecule has 0 bridgehead atoms. The van der Waals surface area contributed by atoms with Crippen molar-refractivity contribution in [2.45, 2.75) is 31.0 Å². The van der Waals surface area contributed by atoms with Crippen LogP contribution in [0.15, 0.2) is 47.8 Å². The maximum Gasteiger partial charge on any atom is 0.0926 e. The van der Waals surface area contributed by atoms with Gasteiger partial charge >= 0.3 is 0 Å². The standard InChI is InChI=1S/C16H17BrOS/c17-11-14-9-13(12-5-2-1-3-6-12)10-15(18-14)16-7-4-8-19-16/h1-8,13-15H,9-11H2/t13-,14-,15-/m0/s1. The molecule has 0 N–H and O–H groups in total. The Kier molecular flexibility index (Phi) is 4.36. The first kappa shape index (κ1) is 13.3. The fourth-order valence-corrected chi connectivity index (χ4v) is 3.96. The monoisotopic (exact) mass is 336 g/mol. The Morgan fingerprint density at radius 3 is 2.63 bits per heavy atom. The van der Waals surface area contributed by atoms with E-state index >= 15 is 0 Å². The molecule has 2 aromatic rings. The fourth-order valence-electron chi connectivity index (χ4n) is 2.77. The molecule has 0 saturated carbocycles. The Hall–Kier alpha value is -0.640. The second kappa shape index (κ2) is 6.21. The second-order valence-corrected chi connectivity index (χ2v) is 6.62. The lowest BCUT2D eigenvalue weighted by molar-refractivity contribution is -0.0452. The van der Waals surface area contributed by atoms with Crippen LogP contribution in [-0.4, -0.2) is 11.4 Å². The first-order valence-corrected chi connectivity index (χ1v) is 8.66. The zero-order chi connectivity index (χ0) is 13.1. The lowest BCUT2D eigenvalue weighted by Gasteiger charge is -2.34. The van der Waals surface area contributed by atoms with Gasteiger partial charge in [0.1, 0.15) is 0 Å². The average Bonchev–Trinajstić information content (AvgIpc) is 3.02. The Balaban J connectivity index is 1.82. The fraction of sp³-hybridized carbons (Fsp3) is 0.375. The van der Waals surface area contributed by atoms with Crippen LogP contribution in [0, 0.1) is 0 Å². The van der Waals surface area contributed by atoms with E-state index < -0.39 is 0 Å². The molecule has 0 spiro atoms. The van der Waals surface area contributed by atoms with E-state index in [-0.39, 0.29) is 6.10 Å². The van der Waals surface area contributed by atoms with Crippen LogP contribution in [0.25, 0.3) is 0 Å². The van der Waals surface area contributed by atoms with Crippen molar-refractivity contribution in [2.75, 3.05) is 5.33 Å². The third-order valence-corrected chi connectivity index (χ3v) is 5.39. The van der Waals surface area contributed by atoms with Crippen LogP contribution in [0.2, 0.25) is 0 Å². The van der Waals surface area contributed by atoms with Gasteiger partial charge < -0.3 is 4.74 Å². The minimum Gasteiger partial charge on any atom is -0.369 e. The van der Waals surface area contributed by atoms with Crippen LogP contribution in [0.1, 0.15) is 35.3 Å². The summed E-state index contributed by atoms with van der Waals surface area (Å²) >= 11 is 5.38. The molecule has 19 heavy (non-hydrogen) atoms. The minimum atomic E-state index is 0.251. The molecule has 1 aliphatic heterocycles. The molecule has 1 nitrogen and oxygen atoms in total. The van der Waals surface area contributed by atoms with Gasteiger partial charge in [0.15, 0.2) is 0 Å². The predicted molar refractivity (Wildman–Crippen MR) is 84.1 cm³/mol. The van der Waals surface area contributed by atoms with Crippen molar-refractivity contribution in [3.8, 4) is 0 Å². The third kappa shape index (κ3) is 3.10. The number of ether oxygens (including phenoxy) is 1. The largest absolute Gasteiger partial charge is 0.369 e. The highest BCUT2D eigenvalue weighted by Gasteiger charge is 2.31. The smallest absolute Gasteiger partial charge is 0.0926 e. The van der Waals surface area contributed by atoms with Crippen molar-refractivity contribution in [3.05, 3.63) is 58.3 Å². The van der Waals surface area contributed by atoms with Crippen molar-refractivity contribution in [3.63, 3.8) is 0 Å². The van der Waals surface area contributed by atoms with Crippen LogP contribution in [-0.2, 0) is 4.74 Å². The number of hydrogen-bond acceptors (Lipinski definition) is 2. The molecule has 100 valence electrons. The number of hydrogen-bond donors (Lipinski definition) is 0. The van der Waals surface area contributed by atoms with E-state index in [0.29, 0.717) is 12.0 Å². The van der Waals surface area contributed by atoms with Gasteiger partial charge in [0.05, 0.1) is 12.2 Å². The summed E-state index contributed by atoms with van der Waals surface area (Å²) in [7, 11) is 0. The third-order valence-electron chi connectivity index (χ3n) is 3.71. The van der Waals surface area contributed by atoms with E-state index in [4.69, 9.17) is 4.74 Å². The summed E-state index contributed by atoms with van der Waals surface area (Å²) in [6.07, 6.45) is 2.76. The molecule has 3 atom stereocenters. The van der Waals surface area contributed by atoms with E-state index in [1.165, 1.54) is 10.4 Å². The highest BCUT2D eigenvalue weighted by Crippen LogP contribution is 2.41. The highest BCUT2D eigenvalue weighted by atomic mass is 79.9. The quantitative estimate of drug-likeness (QED) is 0.704. The van der Waals surface area contributed by atoms with Crippen LogP contribution in [0.3, 0.4) is 0 Å². The molecular weight excluding hydrogens is 320 g/mol. The number of benzene rings is 1. The van der Waals surface area contributed by atoms with Gasteiger partial charge in [-0.25, -0.2) is 0 Å². The normalized spacial score (nSPS) is 27.3. The average molecular weight is 337 g/mol. The van der Waals surface area contributed by atoms with Gasteiger partial charge in [-0.15, -0.1) is 11.3 Å². The Bertz CT molecular complexity index is 497. The van der Waals surface area contributed by atoms with Crippen LogP contribution < -0.4 is 0 Å². The van der Waals surface area contributed by atoms with Crippen molar-refractivity contribution in [2.24, 2.45) is 0 Å². The van der Waals surface area contributed by atoms with Gasteiger partial charge in [0.2, 0.25) is 0 Å². The molecule has 0 unspecified atom stereocenters. The zero-order valence-electron chi connectivity index (χ0n) is 10.7. The van der Waals surface area contributed by atoms with E-state index in [2.05, 4.69) is 63.8 Å². The molecule has 2 heterocycles. The van der Waals surface area contributed by atoms with Gasteiger partial charge in [0, 0.05) is 10.2 Å². The lowest BCUT2D eigenvalue weighted by atomic mass is 9.86. The predicted octanol–water partition coefficient (Wildman–Crippen LogP) is 5.15.